The molecular weight excluding hydrogens is 228 g/mol. The van der Waals surface area contributed by atoms with Crippen LogP contribution in [0.3, 0.4) is 0 Å². The zero-order valence-corrected chi connectivity index (χ0v) is 10.3. The molecule has 0 bridgehead atoms. The fourth-order valence-electron chi connectivity index (χ4n) is 2.44. The Hall–Kier alpha value is -1.88. The molecule has 0 amide bonds. The monoisotopic (exact) mass is 244 g/mol. The van der Waals surface area contributed by atoms with Gasteiger partial charge in [0.15, 0.2) is 0 Å². The maximum absolute atomic E-state index is 10.0. The maximum atomic E-state index is 10.0. The molecule has 3 rings (SSSR count). The number of nitrogens with two attached hydrogens (primary N) is 1. The summed E-state index contributed by atoms with van der Waals surface area (Å²) < 4.78 is 0. The van der Waals surface area contributed by atoms with Crippen molar-refractivity contribution < 1.29 is 5.11 Å². The average molecular weight is 244 g/mol. The second kappa shape index (κ2) is 3.81. The van der Waals surface area contributed by atoms with Gasteiger partial charge in [-0.2, -0.15) is 0 Å². The van der Waals surface area contributed by atoms with Crippen LogP contribution in [0.2, 0.25) is 0 Å². The van der Waals surface area contributed by atoms with Crippen LogP contribution in [0.25, 0.3) is 10.9 Å². The van der Waals surface area contributed by atoms with Crippen molar-refractivity contribution >= 4 is 22.4 Å². The van der Waals surface area contributed by atoms with E-state index in [0.717, 1.165) is 29.7 Å². The summed E-state index contributed by atoms with van der Waals surface area (Å²) >= 11 is 0. The van der Waals surface area contributed by atoms with Gasteiger partial charge in [0.1, 0.15) is 12.1 Å². The molecule has 1 saturated heterocycles. The van der Waals surface area contributed by atoms with Gasteiger partial charge in [0.05, 0.1) is 11.1 Å². The highest BCUT2D eigenvalue weighted by Crippen LogP contribution is 2.30. The van der Waals surface area contributed by atoms with Crippen molar-refractivity contribution in [3.63, 3.8) is 0 Å². The predicted octanol–water partition coefficient (Wildman–Crippen LogP) is 1.17. The highest BCUT2D eigenvalue weighted by molar-refractivity contribution is 5.91. The minimum absolute atomic E-state index is 0.591. The number of nitrogen functional groups attached to an aromatic ring is 1. The fraction of sp³-hybridized carbons (Fsp3) is 0.385. The molecule has 2 heterocycles. The van der Waals surface area contributed by atoms with Gasteiger partial charge in [-0.1, -0.05) is 0 Å². The van der Waals surface area contributed by atoms with Gasteiger partial charge in [-0.25, -0.2) is 9.97 Å². The fourth-order valence-corrected chi connectivity index (χ4v) is 2.44. The molecule has 5 nitrogen and oxygen atoms in total. The number of aliphatic hydroxyl groups is 1. The molecule has 18 heavy (non-hydrogen) atoms. The van der Waals surface area contributed by atoms with E-state index in [1.165, 1.54) is 0 Å². The van der Waals surface area contributed by atoms with Crippen molar-refractivity contribution in [3.05, 3.63) is 24.5 Å². The Morgan fingerprint density at radius 2 is 2.22 bits per heavy atom. The first-order valence-electron chi connectivity index (χ1n) is 6.03. The molecule has 0 aliphatic carbocycles. The van der Waals surface area contributed by atoms with E-state index in [0.29, 0.717) is 12.2 Å². The van der Waals surface area contributed by atoms with Crippen molar-refractivity contribution in [2.75, 3.05) is 23.7 Å². The summed E-state index contributed by atoms with van der Waals surface area (Å²) in [6.45, 7) is 3.24. The molecule has 1 aromatic heterocycles. The van der Waals surface area contributed by atoms with E-state index < -0.39 is 5.60 Å². The van der Waals surface area contributed by atoms with Crippen molar-refractivity contribution in [2.45, 2.75) is 18.9 Å². The zero-order chi connectivity index (χ0) is 12.8. The smallest absolute Gasteiger partial charge is 0.140 e. The summed E-state index contributed by atoms with van der Waals surface area (Å²) in [5, 5.41) is 11.0. The highest BCUT2D eigenvalue weighted by Gasteiger charge is 2.32. The lowest BCUT2D eigenvalue weighted by atomic mass is 10.1. The Morgan fingerprint density at radius 3 is 2.94 bits per heavy atom. The predicted molar refractivity (Wildman–Crippen MR) is 71.4 cm³/mol. The Kier molecular flexibility index (Phi) is 2.38. The minimum Gasteiger partial charge on any atom is -0.399 e. The number of fused-ring (bicyclic) bond motifs is 1. The first kappa shape index (κ1) is 11.2. The molecule has 0 radical (unpaired) electrons. The van der Waals surface area contributed by atoms with Gasteiger partial charge in [0, 0.05) is 24.2 Å². The maximum Gasteiger partial charge on any atom is 0.140 e. The second-order valence-electron chi connectivity index (χ2n) is 5.14. The molecule has 0 spiro atoms. The van der Waals surface area contributed by atoms with E-state index >= 15 is 0 Å². The third-order valence-electron chi connectivity index (χ3n) is 3.39. The molecule has 2 aromatic rings. The molecule has 5 heteroatoms. The van der Waals surface area contributed by atoms with Crippen LogP contribution in [0.1, 0.15) is 13.3 Å². The van der Waals surface area contributed by atoms with Crippen LogP contribution in [0.5, 0.6) is 0 Å². The summed E-state index contributed by atoms with van der Waals surface area (Å²) in [5.41, 5.74) is 6.75. The standard InChI is InChI=1S/C13H16N4O/c1-13(18)4-5-17(7-13)12-10-6-9(14)2-3-11(10)15-8-16-12/h2-3,6,8,18H,4-5,7,14H2,1H3. The van der Waals surface area contributed by atoms with Crippen molar-refractivity contribution in [1.29, 1.82) is 0 Å². The van der Waals surface area contributed by atoms with E-state index in [2.05, 4.69) is 14.9 Å². The van der Waals surface area contributed by atoms with Crippen LogP contribution >= 0.6 is 0 Å². The average Bonchev–Trinajstić information content (AvgIpc) is 2.69. The molecule has 1 fully saturated rings. The lowest BCUT2D eigenvalue weighted by Crippen LogP contribution is -2.30. The van der Waals surface area contributed by atoms with Gasteiger partial charge in [-0.05, 0) is 31.5 Å². The largest absolute Gasteiger partial charge is 0.399 e. The number of hydrogen-bond acceptors (Lipinski definition) is 5. The van der Waals surface area contributed by atoms with Crippen molar-refractivity contribution in [3.8, 4) is 0 Å². The van der Waals surface area contributed by atoms with Crippen LogP contribution in [-0.2, 0) is 0 Å². The van der Waals surface area contributed by atoms with Crippen LogP contribution < -0.4 is 10.6 Å². The summed E-state index contributed by atoms with van der Waals surface area (Å²) in [6.07, 6.45) is 2.31. The van der Waals surface area contributed by atoms with Crippen LogP contribution in [-0.4, -0.2) is 33.8 Å². The molecule has 1 aliphatic rings. The van der Waals surface area contributed by atoms with E-state index in [1.54, 1.807) is 6.33 Å². The van der Waals surface area contributed by atoms with Crippen LogP contribution in [0.4, 0.5) is 11.5 Å². The summed E-state index contributed by atoms with van der Waals surface area (Å²) in [4.78, 5) is 10.7. The Morgan fingerprint density at radius 1 is 1.39 bits per heavy atom. The third kappa shape index (κ3) is 1.86. The third-order valence-corrected chi connectivity index (χ3v) is 3.39. The quantitative estimate of drug-likeness (QED) is 0.737. The number of hydrogen-bond donors (Lipinski definition) is 2. The highest BCUT2D eigenvalue weighted by atomic mass is 16.3. The lowest BCUT2D eigenvalue weighted by molar-refractivity contribution is 0.0839. The number of aromatic nitrogens is 2. The van der Waals surface area contributed by atoms with Gasteiger partial charge < -0.3 is 15.7 Å². The Labute approximate surface area is 105 Å². The molecule has 3 N–H and O–H groups in total. The molecule has 0 saturated carbocycles. The van der Waals surface area contributed by atoms with Crippen LogP contribution in [0, 0.1) is 0 Å². The lowest BCUT2D eigenvalue weighted by Gasteiger charge is -2.21. The van der Waals surface area contributed by atoms with E-state index in [4.69, 9.17) is 5.73 Å². The van der Waals surface area contributed by atoms with Crippen molar-refractivity contribution in [2.24, 2.45) is 0 Å². The SMILES string of the molecule is CC1(O)CCN(c2ncnc3ccc(N)cc23)C1. The number of rotatable bonds is 1. The first-order chi connectivity index (χ1) is 8.55. The number of benzene rings is 1. The molecule has 94 valence electrons. The normalized spacial score (nSPS) is 23.8. The molecule has 1 aliphatic heterocycles. The van der Waals surface area contributed by atoms with E-state index in [9.17, 15) is 5.11 Å². The topological polar surface area (TPSA) is 75.3 Å². The van der Waals surface area contributed by atoms with E-state index in [1.807, 2.05) is 25.1 Å². The summed E-state index contributed by atoms with van der Waals surface area (Å²) in [5.74, 6) is 0.852. The summed E-state index contributed by atoms with van der Waals surface area (Å²) in [6, 6.07) is 5.61. The summed E-state index contributed by atoms with van der Waals surface area (Å²) in [7, 11) is 0. The van der Waals surface area contributed by atoms with Gasteiger partial charge in [0.2, 0.25) is 0 Å². The minimum atomic E-state index is -0.641. The van der Waals surface area contributed by atoms with Gasteiger partial charge in [0.25, 0.3) is 0 Å². The van der Waals surface area contributed by atoms with E-state index in [-0.39, 0.29) is 0 Å². The molecule has 1 aromatic carbocycles. The van der Waals surface area contributed by atoms with Gasteiger partial charge >= 0.3 is 0 Å². The number of β-amino-alcohol motifs (C(OH)–C–C–N with tert-alkyl or cyclic N) is 1. The van der Waals surface area contributed by atoms with Gasteiger partial charge in [-0.3, -0.25) is 0 Å². The number of anilines is 2. The van der Waals surface area contributed by atoms with Crippen LogP contribution in [0.15, 0.2) is 24.5 Å². The first-order valence-corrected chi connectivity index (χ1v) is 6.03. The number of nitrogens with zero attached hydrogens (tertiary/aromatic N) is 3. The molecule has 1 unspecified atom stereocenters. The second-order valence-corrected chi connectivity index (χ2v) is 5.14. The zero-order valence-electron chi connectivity index (χ0n) is 10.3. The molecular formula is C13H16N4O. The van der Waals surface area contributed by atoms with Crippen molar-refractivity contribution in [1.82, 2.24) is 9.97 Å². The Balaban J connectivity index is 2.09. The van der Waals surface area contributed by atoms with Gasteiger partial charge in [-0.15, -0.1) is 0 Å². The molecule has 1 atom stereocenters. The Bertz CT molecular complexity index is 597.